The average molecular weight is 172 g/mol. The Kier molecular flexibility index (Phi) is 2.64. The fourth-order valence-electron chi connectivity index (χ4n) is 0.739. The molecule has 53 valence electrons. The van der Waals surface area contributed by atoms with Crippen LogP contribution in [0.2, 0.25) is 5.02 Å². The van der Waals surface area contributed by atoms with Gasteiger partial charge in [-0.2, -0.15) is 0 Å². The Hall–Kier alpha value is -0.140. The lowest BCUT2D eigenvalue weighted by molar-refractivity contribution is 1.43. The van der Waals surface area contributed by atoms with E-state index < -0.39 is 0 Å². The van der Waals surface area contributed by atoms with E-state index in [0.717, 1.165) is 15.5 Å². The van der Waals surface area contributed by atoms with Gasteiger partial charge in [0.2, 0.25) is 0 Å². The number of hydrogen-bond acceptors (Lipinski definition) is 1. The van der Waals surface area contributed by atoms with Gasteiger partial charge in [0.05, 0.1) is 0 Å². The van der Waals surface area contributed by atoms with Crippen molar-refractivity contribution >= 4 is 23.4 Å². The Bertz CT molecular complexity index is 212. The summed E-state index contributed by atoms with van der Waals surface area (Å²) in [4.78, 5) is 1.16. The summed E-state index contributed by atoms with van der Waals surface area (Å²) < 4.78 is 0. The second kappa shape index (κ2) is 3.31. The van der Waals surface area contributed by atoms with E-state index in [9.17, 15) is 0 Å². The van der Waals surface area contributed by atoms with Gasteiger partial charge >= 0.3 is 0 Å². The summed E-state index contributed by atoms with van der Waals surface area (Å²) in [5.41, 5.74) is 0.969. The number of rotatable bonds is 1. The molecule has 0 fully saturated rings. The van der Waals surface area contributed by atoms with Gasteiger partial charge in [-0.3, -0.25) is 0 Å². The summed E-state index contributed by atoms with van der Waals surface area (Å²) in [6, 6.07) is 5.79. The Morgan fingerprint density at radius 2 is 2.10 bits per heavy atom. The van der Waals surface area contributed by atoms with Gasteiger partial charge in [-0.05, 0) is 36.9 Å². The number of thioether (sulfide) groups is 1. The maximum atomic E-state index is 5.78. The summed E-state index contributed by atoms with van der Waals surface area (Å²) in [6.07, 6.45) is 2.02. The van der Waals surface area contributed by atoms with E-state index in [1.54, 1.807) is 11.8 Å². The molecule has 0 atom stereocenters. The molecule has 2 heteroatoms. The Morgan fingerprint density at radius 1 is 1.40 bits per heavy atom. The van der Waals surface area contributed by atoms with Crippen LogP contribution >= 0.6 is 23.4 Å². The number of halogens is 1. The number of benzene rings is 1. The van der Waals surface area contributed by atoms with E-state index in [2.05, 4.69) is 6.92 Å². The fraction of sp³-hybridized carbons (Fsp3) is 0.125. The normalized spacial score (nSPS) is 9.90. The zero-order valence-electron chi connectivity index (χ0n) is 5.73. The Morgan fingerprint density at radius 3 is 2.60 bits per heavy atom. The average Bonchev–Trinajstić information content (AvgIpc) is 1.85. The molecule has 0 unspecified atom stereocenters. The highest BCUT2D eigenvalue weighted by Crippen LogP contribution is 2.21. The van der Waals surface area contributed by atoms with Crippen LogP contribution in [0.4, 0.5) is 0 Å². The second-order valence-electron chi connectivity index (χ2n) is 2.00. The minimum Gasteiger partial charge on any atom is -0.130 e. The summed E-state index contributed by atoms with van der Waals surface area (Å²) in [7, 11) is 0. The lowest BCUT2D eigenvalue weighted by atomic mass is 10.2. The first kappa shape index (κ1) is 7.96. The van der Waals surface area contributed by atoms with Crippen molar-refractivity contribution < 1.29 is 0 Å². The molecule has 0 saturated heterocycles. The quantitative estimate of drug-likeness (QED) is 0.585. The van der Waals surface area contributed by atoms with Crippen LogP contribution in [0.3, 0.4) is 0 Å². The lowest BCUT2D eigenvalue weighted by Crippen LogP contribution is -1.74. The van der Waals surface area contributed by atoms with Gasteiger partial charge in [0.25, 0.3) is 0 Å². The zero-order chi connectivity index (χ0) is 7.56. The minimum absolute atomic E-state index is 0.761. The highest BCUT2D eigenvalue weighted by molar-refractivity contribution is 7.98. The van der Waals surface area contributed by atoms with Crippen LogP contribution < -0.4 is 0 Å². The molecule has 0 saturated carbocycles. The van der Waals surface area contributed by atoms with E-state index in [1.807, 2.05) is 24.5 Å². The molecule has 1 aromatic carbocycles. The molecular formula is C8H8ClS. The van der Waals surface area contributed by atoms with Crippen LogP contribution in [0.25, 0.3) is 0 Å². The summed E-state index contributed by atoms with van der Waals surface area (Å²) in [5.74, 6) is 0. The third-order valence-corrected chi connectivity index (χ3v) is 2.09. The van der Waals surface area contributed by atoms with E-state index in [0.29, 0.717) is 0 Å². The van der Waals surface area contributed by atoms with Crippen molar-refractivity contribution in [1.29, 1.82) is 0 Å². The van der Waals surface area contributed by atoms with Crippen molar-refractivity contribution in [2.75, 3.05) is 6.26 Å². The molecule has 0 N–H and O–H groups in total. The topological polar surface area (TPSA) is 0 Å². The Labute approximate surface area is 70.6 Å². The van der Waals surface area contributed by atoms with Crippen molar-refractivity contribution in [3.05, 3.63) is 35.7 Å². The molecule has 0 bridgehead atoms. The van der Waals surface area contributed by atoms with E-state index in [1.165, 1.54) is 0 Å². The predicted molar refractivity (Wildman–Crippen MR) is 47.7 cm³/mol. The summed E-state index contributed by atoms with van der Waals surface area (Å²) in [6.45, 7) is 3.79. The highest BCUT2D eigenvalue weighted by Gasteiger charge is 1.93. The second-order valence-corrected chi connectivity index (χ2v) is 3.32. The van der Waals surface area contributed by atoms with Gasteiger partial charge in [0, 0.05) is 9.92 Å². The van der Waals surface area contributed by atoms with Crippen LogP contribution in [0.1, 0.15) is 5.56 Å². The van der Waals surface area contributed by atoms with E-state index in [4.69, 9.17) is 11.6 Å². The van der Waals surface area contributed by atoms with Gasteiger partial charge in [0.15, 0.2) is 0 Å². The molecule has 0 nitrogen and oxygen atoms in total. The predicted octanol–water partition coefficient (Wildman–Crippen LogP) is 3.24. The van der Waals surface area contributed by atoms with Crippen LogP contribution in [-0.4, -0.2) is 6.26 Å². The van der Waals surface area contributed by atoms with Gasteiger partial charge in [0.1, 0.15) is 0 Å². The molecule has 0 aliphatic carbocycles. The van der Waals surface area contributed by atoms with Crippen LogP contribution in [0.5, 0.6) is 0 Å². The van der Waals surface area contributed by atoms with Crippen molar-refractivity contribution in [3.8, 4) is 0 Å². The molecule has 1 radical (unpaired) electrons. The van der Waals surface area contributed by atoms with Gasteiger partial charge < -0.3 is 0 Å². The van der Waals surface area contributed by atoms with Crippen LogP contribution in [0.15, 0.2) is 23.1 Å². The molecule has 0 aliphatic rings. The molecule has 0 heterocycles. The summed E-state index contributed by atoms with van der Waals surface area (Å²) >= 11 is 7.45. The van der Waals surface area contributed by atoms with Gasteiger partial charge in [-0.15, -0.1) is 11.8 Å². The van der Waals surface area contributed by atoms with E-state index >= 15 is 0 Å². The maximum absolute atomic E-state index is 5.78. The smallest absolute Gasteiger partial charge is 0.0419 e. The number of hydrogen-bond donors (Lipinski definition) is 0. The standard InChI is InChI=1S/C8H8ClS/c1-6-3-7(9)5-8(4-6)10-2/h3-5H,1H2,2H3. The summed E-state index contributed by atoms with van der Waals surface area (Å²) in [5, 5.41) is 0.761. The third-order valence-electron chi connectivity index (χ3n) is 1.17. The molecule has 1 aromatic rings. The van der Waals surface area contributed by atoms with Crippen molar-refractivity contribution in [2.24, 2.45) is 0 Å². The van der Waals surface area contributed by atoms with Gasteiger partial charge in [-0.25, -0.2) is 0 Å². The molecule has 0 spiro atoms. The van der Waals surface area contributed by atoms with Crippen molar-refractivity contribution in [2.45, 2.75) is 4.90 Å². The SMILES string of the molecule is [CH2]c1cc(Cl)cc(SC)c1. The fourth-order valence-corrected chi connectivity index (χ4v) is 1.58. The van der Waals surface area contributed by atoms with Crippen LogP contribution in [0, 0.1) is 6.92 Å². The largest absolute Gasteiger partial charge is 0.130 e. The Balaban J connectivity index is 3.06. The first-order valence-corrected chi connectivity index (χ1v) is 4.49. The lowest BCUT2D eigenvalue weighted by Gasteiger charge is -1.98. The first-order valence-electron chi connectivity index (χ1n) is 2.89. The molecule has 0 aliphatic heterocycles. The van der Waals surface area contributed by atoms with Crippen LogP contribution in [-0.2, 0) is 0 Å². The zero-order valence-corrected chi connectivity index (χ0v) is 7.30. The maximum Gasteiger partial charge on any atom is 0.0419 e. The first-order chi connectivity index (χ1) is 4.72. The monoisotopic (exact) mass is 171 g/mol. The highest BCUT2D eigenvalue weighted by atomic mass is 35.5. The van der Waals surface area contributed by atoms with Gasteiger partial charge in [-0.1, -0.05) is 11.6 Å². The molecule has 10 heavy (non-hydrogen) atoms. The third kappa shape index (κ3) is 1.93. The molecule has 1 rings (SSSR count). The molecule has 0 amide bonds. The minimum atomic E-state index is 0.761. The molecular weight excluding hydrogens is 164 g/mol. The molecule has 0 aromatic heterocycles. The van der Waals surface area contributed by atoms with Crippen molar-refractivity contribution in [1.82, 2.24) is 0 Å². The van der Waals surface area contributed by atoms with Crippen molar-refractivity contribution in [3.63, 3.8) is 0 Å². The van der Waals surface area contributed by atoms with E-state index in [-0.39, 0.29) is 0 Å².